The van der Waals surface area contributed by atoms with Gasteiger partial charge in [-0.05, 0) is 45.2 Å². The third kappa shape index (κ3) is 2.37. The Morgan fingerprint density at radius 3 is 2.97 bits per heavy atom. The molecule has 1 aromatic rings. The van der Waals surface area contributed by atoms with Gasteiger partial charge in [0.15, 0.2) is 23.3 Å². The molecule has 7 heteroatoms. The van der Waals surface area contributed by atoms with Gasteiger partial charge >= 0.3 is 5.97 Å². The molecule has 5 atom stereocenters. The molecule has 2 aliphatic carbocycles. The largest absolute Gasteiger partial charge is 0.482 e. The minimum absolute atomic E-state index is 0.0554. The number of rotatable bonds is 4. The summed E-state index contributed by atoms with van der Waals surface area (Å²) in [5, 5.41) is 20.4. The summed E-state index contributed by atoms with van der Waals surface area (Å²) >= 11 is 0. The molecule has 2 aliphatic heterocycles. The zero-order valence-electron chi connectivity index (χ0n) is 17.4. The summed E-state index contributed by atoms with van der Waals surface area (Å²) in [5.74, 6) is 0.751. The third-order valence-electron chi connectivity index (χ3n) is 7.12. The van der Waals surface area contributed by atoms with Crippen molar-refractivity contribution in [1.82, 2.24) is 4.90 Å². The van der Waals surface area contributed by atoms with Crippen molar-refractivity contribution in [2.45, 2.75) is 62.9 Å². The van der Waals surface area contributed by atoms with Crippen LogP contribution in [-0.4, -0.2) is 53.0 Å². The molecule has 1 unspecified atom stereocenters. The summed E-state index contributed by atoms with van der Waals surface area (Å²) in [6, 6.07) is 3.90. The smallest absolute Gasteiger partial charge is 0.349 e. The number of carbonyl (C=O) groups is 1. The minimum Gasteiger partial charge on any atom is -0.482 e. The fourth-order valence-electron chi connectivity index (χ4n) is 5.87. The van der Waals surface area contributed by atoms with Crippen molar-refractivity contribution < 1.29 is 24.1 Å². The van der Waals surface area contributed by atoms with E-state index in [1.54, 1.807) is 26.8 Å². The quantitative estimate of drug-likeness (QED) is 0.461. The maximum Gasteiger partial charge on any atom is 0.349 e. The first-order chi connectivity index (χ1) is 14.3. The fraction of sp³-hybridized carbons (Fsp3) is 0.565. The van der Waals surface area contributed by atoms with Gasteiger partial charge in [0.2, 0.25) is 0 Å². The van der Waals surface area contributed by atoms with Crippen molar-refractivity contribution in [3.05, 3.63) is 35.4 Å². The lowest BCUT2D eigenvalue weighted by Crippen LogP contribution is -2.64. The van der Waals surface area contributed by atoms with Gasteiger partial charge in [0, 0.05) is 23.4 Å². The van der Waals surface area contributed by atoms with Gasteiger partial charge in [-0.2, -0.15) is 5.26 Å². The van der Waals surface area contributed by atoms with Crippen molar-refractivity contribution >= 4 is 5.97 Å². The predicted molar refractivity (Wildman–Crippen MR) is 107 cm³/mol. The molecule has 0 saturated carbocycles. The minimum atomic E-state index is -1.17. The number of aliphatic hydroxyl groups excluding tert-OH is 1. The Balaban J connectivity index is 1.62. The van der Waals surface area contributed by atoms with Crippen LogP contribution in [0.2, 0.25) is 0 Å². The number of hydrogen-bond donors (Lipinski definition) is 1. The van der Waals surface area contributed by atoms with E-state index in [1.165, 1.54) is 0 Å². The number of carbonyl (C=O) groups excluding carboxylic acids is 1. The van der Waals surface area contributed by atoms with Gasteiger partial charge in [0.05, 0.1) is 12.6 Å². The highest BCUT2D eigenvalue weighted by Crippen LogP contribution is 2.62. The highest BCUT2D eigenvalue weighted by Gasteiger charge is 2.64. The van der Waals surface area contributed by atoms with Gasteiger partial charge in [-0.15, -0.1) is 0 Å². The molecule has 5 rings (SSSR count). The highest BCUT2D eigenvalue weighted by molar-refractivity contribution is 5.79. The van der Waals surface area contributed by atoms with Crippen LogP contribution in [0, 0.1) is 17.4 Å². The van der Waals surface area contributed by atoms with Crippen LogP contribution >= 0.6 is 0 Å². The van der Waals surface area contributed by atoms with Gasteiger partial charge in [-0.1, -0.05) is 18.2 Å². The summed E-state index contributed by atoms with van der Waals surface area (Å²) in [6.45, 7) is 6.03. The van der Waals surface area contributed by atoms with Crippen LogP contribution in [-0.2, 0) is 21.4 Å². The second-order valence-corrected chi connectivity index (χ2v) is 9.05. The molecule has 158 valence electrons. The molecule has 1 fully saturated rings. The molecule has 1 N–H and O–H groups in total. The molecule has 2 heterocycles. The summed E-state index contributed by atoms with van der Waals surface area (Å²) < 4.78 is 17.7. The summed E-state index contributed by atoms with van der Waals surface area (Å²) in [6.07, 6.45) is 6.50. The number of benzene rings is 1. The van der Waals surface area contributed by atoms with E-state index in [-0.39, 0.29) is 24.0 Å². The van der Waals surface area contributed by atoms with Crippen LogP contribution in [0.25, 0.3) is 0 Å². The Hall–Kier alpha value is -2.72. The van der Waals surface area contributed by atoms with Crippen LogP contribution in [0.15, 0.2) is 24.3 Å². The molecule has 1 aromatic carbocycles. The lowest BCUT2D eigenvalue weighted by molar-refractivity contribution is -0.158. The van der Waals surface area contributed by atoms with Crippen LogP contribution in [0.3, 0.4) is 0 Å². The number of likely N-dealkylation sites (tertiary alicyclic amines) is 1. The second-order valence-electron chi connectivity index (χ2n) is 9.05. The number of piperidine rings is 1. The standard InChI is InChI=1S/C23H26N2O5/c1-4-28-21(27)22(2,3)30-17-8-5-13-11-15-14-6-7-16(26)20-23(14,9-10-25(15)12-24)18(13)19(17)29-20/h5-8,14-16,20,26H,4,9-11H2,1-3H3/t14?,15-,16+,20+,23+/m1/s1. The van der Waals surface area contributed by atoms with E-state index in [2.05, 4.69) is 12.3 Å². The second kappa shape index (κ2) is 6.39. The maximum absolute atomic E-state index is 12.4. The first-order valence-electron chi connectivity index (χ1n) is 10.6. The molecule has 4 aliphatic rings. The topological polar surface area (TPSA) is 92.0 Å². The number of ether oxygens (including phenoxy) is 3. The number of nitrogens with zero attached hydrogens (tertiary/aromatic N) is 2. The Kier molecular flexibility index (Phi) is 4.10. The molecule has 7 nitrogen and oxygen atoms in total. The van der Waals surface area contributed by atoms with Crippen molar-refractivity contribution in [3.63, 3.8) is 0 Å². The lowest BCUT2D eigenvalue weighted by Gasteiger charge is -2.55. The number of esters is 1. The average Bonchev–Trinajstić information content (AvgIpc) is 3.06. The third-order valence-corrected chi connectivity index (χ3v) is 7.12. The van der Waals surface area contributed by atoms with Crippen LogP contribution in [0.4, 0.5) is 0 Å². The van der Waals surface area contributed by atoms with Gasteiger partial charge in [0.1, 0.15) is 12.2 Å². The summed E-state index contributed by atoms with van der Waals surface area (Å²) in [7, 11) is 0. The molecular formula is C23H26N2O5. The van der Waals surface area contributed by atoms with E-state index in [1.807, 2.05) is 17.0 Å². The van der Waals surface area contributed by atoms with Gasteiger partial charge in [-0.3, -0.25) is 0 Å². The van der Waals surface area contributed by atoms with Crippen molar-refractivity contribution in [1.29, 1.82) is 5.26 Å². The molecule has 1 spiro atoms. The van der Waals surface area contributed by atoms with Gasteiger partial charge in [0.25, 0.3) is 0 Å². The molecule has 0 aromatic heterocycles. The van der Waals surface area contributed by atoms with E-state index in [4.69, 9.17) is 14.2 Å². The Bertz CT molecular complexity index is 981. The molecular weight excluding hydrogens is 384 g/mol. The van der Waals surface area contributed by atoms with Gasteiger partial charge in [-0.25, -0.2) is 4.79 Å². The monoisotopic (exact) mass is 410 g/mol. The van der Waals surface area contributed by atoms with Crippen LogP contribution in [0.5, 0.6) is 11.5 Å². The molecule has 0 amide bonds. The normalized spacial score (nSPS) is 32.7. The summed E-state index contributed by atoms with van der Waals surface area (Å²) in [5.41, 5.74) is 0.639. The van der Waals surface area contributed by atoms with E-state index in [0.29, 0.717) is 18.0 Å². The fourth-order valence-corrected chi connectivity index (χ4v) is 5.87. The van der Waals surface area contributed by atoms with E-state index < -0.39 is 23.8 Å². The zero-order chi connectivity index (χ0) is 21.3. The molecule has 0 radical (unpaired) electrons. The lowest BCUT2D eigenvalue weighted by atomic mass is 9.53. The molecule has 2 bridgehead atoms. The number of aliphatic hydroxyl groups is 1. The van der Waals surface area contributed by atoms with Crippen molar-refractivity contribution in [2.24, 2.45) is 5.92 Å². The zero-order valence-corrected chi connectivity index (χ0v) is 17.4. The first-order valence-corrected chi connectivity index (χ1v) is 10.6. The maximum atomic E-state index is 12.4. The Labute approximate surface area is 175 Å². The van der Waals surface area contributed by atoms with Crippen LogP contribution in [0.1, 0.15) is 38.3 Å². The highest BCUT2D eigenvalue weighted by atomic mass is 16.6. The molecule has 1 saturated heterocycles. The average molecular weight is 410 g/mol. The predicted octanol–water partition coefficient (Wildman–Crippen LogP) is 2.06. The van der Waals surface area contributed by atoms with Crippen molar-refractivity contribution in [2.75, 3.05) is 13.2 Å². The summed E-state index contributed by atoms with van der Waals surface area (Å²) in [4.78, 5) is 14.2. The van der Waals surface area contributed by atoms with Gasteiger partial charge < -0.3 is 24.2 Å². The first kappa shape index (κ1) is 19.3. The van der Waals surface area contributed by atoms with E-state index in [0.717, 1.165) is 24.0 Å². The van der Waals surface area contributed by atoms with Crippen molar-refractivity contribution in [3.8, 4) is 17.7 Å². The van der Waals surface area contributed by atoms with Crippen LogP contribution < -0.4 is 9.47 Å². The Morgan fingerprint density at radius 2 is 2.23 bits per heavy atom. The van der Waals surface area contributed by atoms with E-state index in [9.17, 15) is 15.2 Å². The SMILES string of the molecule is CCOC(=O)C(C)(C)Oc1ccc2c3c1O[C@H]1[C@@H](O)C=CC4[C@@H](C2)N(C#N)CC[C@@]341. The Morgan fingerprint density at radius 1 is 1.43 bits per heavy atom. The van der Waals surface area contributed by atoms with E-state index >= 15 is 0 Å². The molecule has 30 heavy (non-hydrogen) atoms. The number of nitriles is 1. The number of hydrogen-bond acceptors (Lipinski definition) is 7.